The number of rotatable bonds is 17. The van der Waals surface area contributed by atoms with Gasteiger partial charge in [-0.1, -0.05) is 74.5 Å². The monoisotopic (exact) mass is 853 g/mol. The number of Topliss-reactive ketones (excluding diaryl/α,β-unsaturated/α-hetero) is 1. The first-order valence-corrected chi connectivity index (χ1v) is 21.7. The fourth-order valence-corrected chi connectivity index (χ4v) is 7.31. The zero-order valence-electron chi connectivity index (χ0n) is 36.3. The molecule has 1 aliphatic rings. The highest BCUT2D eigenvalue weighted by atomic mass is 35.5. The molecule has 62 heavy (non-hydrogen) atoms. The van der Waals surface area contributed by atoms with E-state index in [1.807, 2.05) is 85.8 Å². The van der Waals surface area contributed by atoms with E-state index in [0.717, 1.165) is 106 Å². The van der Waals surface area contributed by atoms with Crippen molar-refractivity contribution in [1.82, 2.24) is 4.90 Å². The van der Waals surface area contributed by atoms with E-state index in [2.05, 4.69) is 55.3 Å². The first-order valence-electron chi connectivity index (χ1n) is 21.3. The first-order chi connectivity index (χ1) is 30.2. The van der Waals surface area contributed by atoms with E-state index in [0.29, 0.717) is 36.9 Å². The number of carbonyl (C=O) groups is 2. The molecule has 0 unspecified atom stereocenters. The minimum Gasteiger partial charge on any atom is -0.497 e. The Bertz CT molecular complexity index is 2390. The fourth-order valence-electron chi connectivity index (χ4n) is 7.19. The molecule has 0 radical (unpaired) electrons. The van der Waals surface area contributed by atoms with Crippen LogP contribution in [-0.4, -0.2) is 69.6 Å². The summed E-state index contributed by atoms with van der Waals surface area (Å²) in [6, 6.07) is 42.9. The van der Waals surface area contributed by atoms with Crippen LogP contribution in [0.2, 0.25) is 0 Å². The highest BCUT2D eigenvalue weighted by Gasteiger charge is 2.19. The maximum atomic E-state index is 13.3. The molecule has 9 heteroatoms. The van der Waals surface area contributed by atoms with Gasteiger partial charge in [-0.2, -0.15) is 0 Å². The average molecular weight is 854 g/mol. The van der Waals surface area contributed by atoms with Crippen LogP contribution in [0, 0.1) is 0 Å². The Morgan fingerprint density at radius 3 is 1.60 bits per heavy atom. The lowest BCUT2D eigenvalue weighted by molar-refractivity contribution is 0.0992. The van der Waals surface area contributed by atoms with Gasteiger partial charge in [0.1, 0.15) is 34.9 Å². The summed E-state index contributed by atoms with van der Waals surface area (Å²) >= 11 is 5.57. The van der Waals surface area contributed by atoms with Gasteiger partial charge in [0.2, 0.25) is 0 Å². The van der Waals surface area contributed by atoms with Crippen molar-refractivity contribution in [2.24, 2.45) is 0 Å². The maximum absolute atomic E-state index is 13.3. The van der Waals surface area contributed by atoms with Crippen LogP contribution < -0.4 is 23.7 Å². The smallest absolute Gasteiger partial charge is 0.252 e. The van der Waals surface area contributed by atoms with Gasteiger partial charge >= 0.3 is 0 Å². The number of methoxy groups -OCH3 is 2. The zero-order valence-corrected chi connectivity index (χ0v) is 37.1. The molecule has 6 aromatic rings. The predicted molar refractivity (Wildman–Crippen MR) is 250 cm³/mol. The summed E-state index contributed by atoms with van der Waals surface area (Å²) in [4.78, 5) is 27.1. The van der Waals surface area contributed by atoms with Crippen LogP contribution in [0.3, 0.4) is 0 Å². The van der Waals surface area contributed by atoms with Crippen molar-refractivity contribution in [2.75, 3.05) is 47.6 Å². The molecular formula is C53H56ClNO7. The molecule has 0 amide bonds. The van der Waals surface area contributed by atoms with Crippen LogP contribution in [0.15, 0.2) is 133 Å². The Labute approximate surface area is 371 Å². The number of ketones is 1. The van der Waals surface area contributed by atoms with Crippen LogP contribution in [0.1, 0.15) is 65.8 Å². The maximum Gasteiger partial charge on any atom is 0.252 e. The highest BCUT2D eigenvalue weighted by molar-refractivity contribution is 6.67. The number of carbonyl (C=O) groups excluding carboxylic acids is 2. The van der Waals surface area contributed by atoms with Gasteiger partial charge in [-0.25, -0.2) is 0 Å². The third-order valence-corrected chi connectivity index (χ3v) is 10.9. The highest BCUT2D eigenvalue weighted by Crippen LogP contribution is 2.35. The Morgan fingerprint density at radius 2 is 1.10 bits per heavy atom. The number of ether oxygens (including phenoxy) is 5. The van der Waals surface area contributed by atoms with Gasteiger partial charge in [0.25, 0.3) is 5.24 Å². The van der Waals surface area contributed by atoms with E-state index in [4.69, 9.17) is 35.3 Å². The number of hydrogen-bond donors (Lipinski definition) is 0. The lowest BCUT2D eigenvalue weighted by Gasteiger charge is -2.29. The molecule has 1 heterocycles. The molecule has 1 aliphatic heterocycles. The van der Waals surface area contributed by atoms with Crippen LogP contribution in [0.5, 0.6) is 28.7 Å². The molecule has 7 rings (SSSR count). The number of benzene rings is 6. The van der Waals surface area contributed by atoms with Gasteiger partial charge in [-0.05, 0) is 145 Å². The number of nitrogens with zero attached hydrogens (tertiary/aromatic N) is 1. The predicted octanol–water partition coefficient (Wildman–Crippen LogP) is 12.2. The van der Waals surface area contributed by atoms with E-state index in [-0.39, 0.29) is 5.78 Å². The molecule has 322 valence electrons. The topological polar surface area (TPSA) is 83.5 Å². The quantitative estimate of drug-likeness (QED) is 0.0663. The largest absolute Gasteiger partial charge is 0.497 e. The number of hydrogen-bond acceptors (Lipinski definition) is 8. The molecule has 0 aliphatic carbocycles. The van der Waals surface area contributed by atoms with Gasteiger partial charge in [-0.3, -0.25) is 9.59 Å². The van der Waals surface area contributed by atoms with Crippen molar-refractivity contribution >= 4 is 22.6 Å². The Hall–Kier alpha value is -6.09. The molecule has 1 fully saturated rings. The van der Waals surface area contributed by atoms with Crippen molar-refractivity contribution in [1.29, 1.82) is 0 Å². The number of piperidine rings is 1. The summed E-state index contributed by atoms with van der Waals surface area (Å²) in [5, 5.41) is -0.485. The summed E-state index contributed by atoms with van der Waals surface area (Å²) in [5.74, 6) is 4.00. The fraction of sp³-hybridized carbons (Fsp3) is 0.283. The van der Waals surface area contributed by atoms with E-state index in [1.165, 1.54) is 0 Å². The molecule has 6 aromatic carbocycles. The molecule has 0 bridgehead atoms. The SMILES string of the molecule is CCCOc1ccc(C(=O)Cc2ccc(-c3ccc(OC4CCN(C)CC4)cc3)cc2)cc1-c1cccc(OC)c1.CCCOc1ccc(C(=O)Cl)cc1-c1cccc(OC)c1. The summed E-state index contributed by atoms with van der Waals surface area (Å²) in [6.45, 7) is 7.52. The third kappa shape index (κ3) is 12.5. The van der Waals surface area contributed by atoms with Gasteiger partial charge in [0, 0.05) is 41.8 Å². The Kier molecular flexibility index (Phi) is 16.6. The molecule has 1 saturated heterocycles. The van der Waals surface area contributed by atoms with Crippen molar-refractivity contribution in [3.63, 3.8) is 0 Å². The molecule has 0 spiro atoms. The van der Waals surface area contributed by atoms with Crippen molar-refractivity contribution in [3.05, 3.63) is 150 Å². The number of likely N-dealkylation sites (tertiary alicyclic amines) is 1. The summed E-state index contributed by atoms with van der Waals surface area (Å²) < 4.78 is 28.6. The second kappa shape index (κ2) is 22.7. The zero-order chi connectivity index (χ0) is 43.8. The van der Waals surface area contributed by atoms with E-state index >= 15 is 0 Å². The van der Waals surface area contributed by atoms with Gasteiger partial charge < -0.3 is 28.6 Å². The second-order valence-electron chi connectivity index (χ2n) is 15.3. The minimum absolute atomic E-state index is 0.0688. The van der Waals surface area contributed by atoms with Crippen molar-refractivity contribution in [3.8, 4) is 62.1 Å². The standard InChI is InChI=1S/C36H39NO4.C17H17ClO3/c1-4-22-40-36-17-14-30(25-34(36)29-6-5-7-33(24-29)39-3)35(38)23-26-8-10-27(11-9-26)28-12-15-31(16-13-28)41-32-18-20-37(2)21-19-32;1-3-9-21-16-8-7-13(17(18)19)11-15(16)12-5-4-6-14(10-12)20-2/h5-17,24-25,32H,4,18-23H2,1-3H3;4-8,10-11H,3,9H2,1-2H3. The number of halogens is 1. The van der Waals surface area contributed by atoms with Gasteiger partial charge in [-0.15, -0.1) is 0 Å². The van der Waals surface area contributed by atoms with Crippen molar-refractivity contribution in [2.45, 2.75) is 52.1 Å². The minimum atomic E-state index is -0.485. The Morgan fingerprint density at radius 1 is 0.597 bits per heavy atom. The van der Waals surface area contributed by atoms with Crippen LogP contribution in [0.25, 0.3) is 33.4 Å². The average Bonchev–Trinajstić information content (AvgIpc) is 3.31. The van der Waals surface area contributed by atoms with E-state index in [1.54, 1.807) is 32.4 Å². The van der Waals surface area contributed by atoms with E-state index < -0.39 is 5.24 Å². The van der Waals surface area contributed by atoms with Gasteiger partial charge in [0.15, 0.2) is 5.78 Å². The molecule has 0 aromatic heterocycles. The molecular weight excluding hydrogens is 798 g/mol. The molecule has 0 atom stereocenters. The summed E-state index contributed by atoms with van der Waals surface area (Å²) in [7, 11) is 5.43. The Balaban J connectivity index is 0.000000256. The lowest BCUT2D eigenvalue weighted by Crippen LogP contribution is -2.35. The van der Waals surface area contributed by atoms with E-state index in [9.17, 15) is 9.59 Å². The molecule has 0 saturated carbocycles. The van der Waals surface area contributed by atoms with Crippen LogP contribution >= 0.6 is 11.6 Å². The molecule has 8 nitrogen and oxygen atoms in total. The summed E-state index contributed by atoms with van der Waals surface area (Å²) in [6.07, 6.45) is 4.57. The molecule has 0 N–H and O–H groups in total. The second-order valence-corrected chi connectivity index (χ2v) is 15.6. The first kappa shape index (κ1) is 45.4. The lowest BCUT2D eigenvalue weighted by atomic mass is 9.96. The summed E-state index contributed by atoms with van der Waals surface area (Å²) in [5.41, 5.74) is 7.92. The third-order valence-electron chi connectivity index (χ3n) is 10.7. The van der Waals surface area contributed by atoms with Crippen LogP contribution in [-0.2, 0) is 6.42 Å². The van der Waals surface area contributed by atoms with Crippen LogP contribution in [0.4, 0.5) is 0 Å². The van der Waals surface area contributed by atoms with Gasteiger partial charge in [0.05, 0.1) is 27.4 Å². The normalized spacial score (nSPS) is 12.7. The van der Waals surface area contributed by atoms with Crippen molar-refractivity contribution < 1.29 is 33.3 Å².